The summed E-state index contributed by atoms with van der Waals surface area (Å²) in [6.45, 7) is 8.86. The van der Waals surface area contributed by atoms with Crippen LogP contribution < -0.4 is 9.13 Å². The third kappa shape index (κ3) is 3.08. The number of hydrogen-bond acceptors (Lipinski definition) is 2. The van der Waals surface area contributed by atoms with Gasteiger partial charge >= 0.3 is 0 Å². The molecular formula is C23H21N7+2. The predicted octanol–water partition coefficient (Wildman–Crippen LogP) is 2.68. The van der Waals surface area contributed by atoms with E-state index in [4.69, 9.17) is 6.57 Å². The highest BCUT2D eigenvalue weighted by atomic mass is 15.2. The Morgan fingerprint density at radius 1 is 0.833 bits per heavy atom. The van der Waals surface area contributed by atoms with E-state index >= 15 is 0 Å². The van der Waals surface area contributed by atoms with Crippen molar-refractivity contribution in [2.75, 3.05) is 0 Å². The largest absolute Gasteiger partial charge is 0.268 e. The van der Waals surface area contributed by atoms with Gasteiger partial charge in [0, 0.05) is 12.4 Å². The van der Waals surface area contributed by atoms with E-state index in [0.717, 1.165) is 33.5 Å². The molecule has 0 radical (unpaired) electrons. The molecule has 0 spiro atoms. The van der Waals surface area contributed by atoms with Crippen LogP contribution in [0.25, 0.3) is 27.2 Å². The lowest BCUT2D eigenvalue weighted by Crippen LogP contribution is -2.25. The summed E-state index contributed by atoms with van der Waals surface area (Å²) in [5, 5.41) is 0. The van der Waals surface area contributed by atoms with Gasteiger partial charge in [-0.1, -0.05) is 6.07 Å². The minimum atomic E-state index is 0.644. The van der Waals surface area contributed by atoms with Crippen LogP contribution in [0, 0.1) is 6.57 Å². The highest BCUT2D eigenvalue weighted by Gasteiger charge is 2.17. The zero-order valence-corrected chi connectivity index (χ0v) is 16.9. The molecule has 30 heavy (non-hydrogen) atoms. The fraction of sp³-hybridized carbons (Fsp3) is 0.174. The van der Waals surface area contributed by atoms with Gasteiger partial charge in [0.25, 0.3) is 11.3 Å². The van der Waals surface area contributed by atoms with Crippen LogP contribution in [0.3, 0.4) is 0 Å². The second kappa shape index (κ2) is 7.08. The number of nitrogens with zero attached hydrogens (tertiary/aromatic N) is 7. The number of benzene rings is 1. The molecule has 0 unspecified atom stereocenters. The molecular weight excluding hydrogens is 374 g/mol. The van der Waals surface area contributed by atoms with Crippen LogP contribution in [0.2, 0.25) is 0 Å². The maximum Gasteiger partial charge on any atom is 0.268 e. The first-order chi connectivity index (χ1) is 14.6. The summed E-state index contributed by atoms with van der Waals surface area (Å²) in [6, 6.07) is 14.1. The van der Waals surface area contributed by atoms with Crippen molar-refractivity contribution in [3.63, 3.8) is 0 Å². The molecule has 5 aromatic rings. The van der Waals surface area contributed by atoms with Crippen LogP contribution in [0.15, 0.2) is 67.5 Å². The Hall–Kier alpha value is -4.05. The fourth-order valence-electron chi connectivity index (χ4n) is 4.04. The van der Waals surface area contributed by atoms with E-state index in [0.29, 0.717) is 18.8 Å². The average molecular weight is 395 g/mol. The molecule has 0 aliphatic carbocycles. The molecule has 4 aromatic heterocycles. The molecule has 5 rings (SSSR count). The first kappa shape index (κ1) is 18.0. The molecule has 0 aliphatic rings. The van der Waals surface area contributed by atoms with E-state index in [9.17, 15) is 0 Å². The van der Waals surface area contributed by atoms with E-state index in [-0.39, 0.29) is 0 Å². The Bertz CT molecular complexity index is 1340. The van der Waals surface area contributed by atoms with Crippen molar-refractivity contribution in [2.45, 2.75) is 13.1 Å². The molecule has 0 N–H and O–H groups in total. The van der Waals surface area contributed by atoms with Gasteiger partial charge in [0.2, 0.25) is 12.7 Å². The first-order valence-electron chi connectivity index (χ1n) is 9.71. The minimum absolute atomic E-state index is 0.644. The summed E-state index contributed by atoms with van der Waals surface area (Å²) < 4.78 is 8.38. The second-order valence-electron chi connectivity index (χ2n) is 7.52. The van der Waals surface area contributed by atoms with Crippen LogP contribution >= 0.6 is 0 Å². The van der Waals surface area contributed by atoms with E-state index in [2.05, 4.69) is 51.3 Å². The summed E-state index contributed by atoms with van der Waals surface area (Å²) in [5.41, 5.74) is 6.83. The van der Waals surface area contributed by atoms with Gasteiger partial charge in [-0.25, -0.2) is 33.1 Å². The molecule has 0 bridgehead atoms. The zero-order valence-electron chi connectivity index (χ0n) is 16.9. The molecule has 0 saturated carbocycles. The standard InChI is InChI=1S/C23H21N7/c1-24-19-11-17(13-29-15-27(2)20-6-4-8-25-22(20)29)10-18(12-19)14-30-16-28(3)21-7-5-9-26-23(21)30/h4-12,15-16H,13-14H2,2-3H3/q+2. The molecule has 0 fully saturated rings. The molecule has 1 aromatic carbocycles. The van der Waals surface area contributed by atoms with Crippen LogP contribution in [0.4, 0.5) is 5.69 Å². The van der Waals surface area contributed by atoms with Crippen molar-refractivity contribution < 1.29 is 9.13 Å². The molecule has 0 saturated heterocycles. The van der Waals surface area contributed by atoms with Gasteiger partial charge in [-0.3, -0.25) is 0 Å². The highest BCUT2D eigenvalue weighted by Crippen LogP contribution is 2.21. The number of aromatic nitrogens is 6. The molecule has 7 nitrogen and oxygen atoms in total. The topological polar surface area (TPSA) is 47.8 Å². The minimum Gasteiger partial charge on any atom is -0.238 e. The van der Waals surface area contributed by atoms with E-state index in [1.54, 1.807) is 0 Å². The molecule has 0 aliphatic heterocycles. The van der Waals surface area contributed by atoms with Gasteiger partial charge in [-0.2, -0.15) is 0 Å². The third-order valence-electron chi connectivity index (χ3n) is 5.33. The predicted molar refractivity (Wildman–Crippen MR) is 113 cm³/mol. The van der Waals surface area contributed by atoms with Gasteiger partial charge in [0.05, 0.1) is 20.7 Å². The Labute approximate surface area is 173 Å². The van der Waals surface area contributed by atoms with Crippen LogP contribution in [-0.4, -0.2) is 19.1 Å². The van der Waals surface area contributed by atoms with Gasteiger partial charge in [-0.05, 0) is 47.5 Å². The summed E-state index contributed by atoms with van der Waals surface area (Å²) in [6.07, 6.45) is 7.71. The summed E-state index contributed by atoms with van der Waals surface area (Å²) in [4.78, 5) is 12.8. The zero-order chi connectivity index (χ0) is 20.7. The molecule has 7 heteroatoms. The summed E-state index contributed by atoms with van der Waals surface area (Å²) in [5.74, 6) is 0. The van der Waals surface area contributed by atoms with Crippen molar-refractivity contribution in [2.24, 2.45) is 14.1 Å². The Balaban J connectivity index is 1.53. The quantitative estimate of drug-likeness (QED) is 0.347. The van der Waals surface area contributed by atoms with Crippen LogP contribution in [0.1, 0.15) is 11.1 Å². The molecule has 0 amide bonds. The number of rotatable bonds is 4. The molecule has 0 atom stereocenters. The maximum absolute atomic E-state index is 7.55. The average Bonchev–Trinajstić information content (AvgIpc) is 3.25. The first-order valence-corrected chi connectivity index (χ1v) is 9.71. The molecule has 4 heterocycles. The number of hydrogen-bond donors (Lipinski definition) is 0. The summed E-state index contributed by atoms with van der Waals surface area (Å²) in [7, 11) is 4.04. The number of fused-ring (bicyclic) bond motifs is 2. The van der Waals surface area contributed by atoms with Gasteiger partial charge < -0.3 is 0 Å². The van der Waals surface area contributed by atoms with Gasteiger partial charge in [0.1, 0.15) is 13.1 Å². The Kier molecular flexibility index (Phi) is 4.25. The number of pyridine rings is 2. The van der Waals surface area contributed by atoms with Gasteiger partial charge in [-0.15, -0.1) is 0 Å². The van der Waals surface area contributed by atoms with Crippen LogP contribution in [0.5, 0.6) is 0 Å². The highest BCUT2D eigenvalue weighted by molar-refractivity contribution is 5.67. The van der Waals surface area contributed by atoms with Crippen molar-refractivity contribution in [3.05, 3.63) is 90.1 Å². The van der Waals surface area contributed by atoms with Crippen molar-refractivity contribution in [1.82, 2.24) is 19.1 Å². The second-order valence-corrected chi connectivity index (χ2v) is 7.52. The smallest absolute Gasteiger partial charge is 0.238 e. The Morgan fingerprint density at radius 3 is 1.80 bits per heavy atom. The van der Waals surface area contributed by atoms with Crippen molar-refractivity contribution >= 4 is 28.0 Å². The maximum atomic E-state index is 7.55. The lowest BCUT2D eigenvalue weighted by molar-refractivity contribution is -0.645. The number of imidazole rings is 2. The van der Waals surface area contributed by atoms with E-state index < -0.39 is 0 Å². The van der Waals surface area contributed by atoms with E-state index in [1.807, 2.05) is 63.4 Å². The third-order valence-corrected chi connectivity index (χ3v) is 5.33. The normalized spacial score (nSPS) is 11.2. The van der Waals surface area contributed by atoms with Crippen molar-refractivity contribution in [1.29, 1.82) is 0 Å². The van der Waals surface area contributed by atoms with Gasteiger partial charge in [0.15, 0.2) is 16.7 Å². The number of aryl methyl sites for hydroxylation is 2. The van der Waals surface area contributed by atoms with Crippen molar-refractivity contribution in [3.8, 4) is 0 Å². The lowest BCUT2D eigenvalue weighted by atomic mass is 10.1. The Morgan fingerprint density at radius 2 is 1.33 bits per heavy atom. The van der Waals surface area contributed by atoms with E-state index in [1.165, 1.54) is 0 Å². The fourth-order valence-corrected chi connectivity index (χ4v) is 4.04. The SMILES string of the molecule is [C-]#[N+]c1cc(Cn2c[n+](C)c3cccnc32)cc(Cn2c[n+](C)c3cccnc32)c1. The van der Waals surface area contributed by atoms with Crippen LogP contribution in [-0.2, 0) is 27.2 Å². The summed E-state index contributed by atoms with van der Waals surface area (Å²) >= 11 is 0. The monoisotopic (exact) mass is 395 g/mol. The molecule has 146 valence electrons. The lowest BCUT2D eigenvalue weighted by Gasteiger charge is -2.05.